The second-order valence-corrected chi connectivity index (χ2v) is 9.43. The Morgan fingerprint density at radius 2 is 1.89 bits per heavy atom. The van der Waals surface area contributed by atoms with E-state index in [4.69, 9.17) is 14.2 Å². The van der Waals surface area contributed by atoms with Crippen molar-refractivity contribution >= 4 is 17.0 Å². The summed E-state index contributed by atoms with van der Waals surface area (Å²) in [4.78, 5) is 21.7. The van der Waals surface area contributed by atoms with Gasteiger partial charge < -0.3 is 13.8 Å². The molecule has 0 aliphatic heterocycles. The van der Waals surface area contributed by atoms with Gasteiger partial charge in [0.05, 0.1) is 41.5 Å². The number of methoxy groups -OCH3 is 1. The summed E-state index contributed by atoms with van der Waals surface area (Å²) >= 11 is 0. The van der Waals surface area contributed by atoms with Gasteiger partial charge in [0.15, 0.2) is 0 Å². The molecule has 4 heterocycles. The Balaban J connectivity index is 1.46. The van der Waals surface area contributed by atoms with Crippen LogP contribution in [0.1, 0.15) is 35.6 Å². The smallest absolute Gasteiger partial charge is 0.316 e. The average molecular weight is 479 g/mol. The van der Waals surface area contributed by atoms with Gasteiger partial charge in [-0.3, -0.25) is 14.8 Å². The summed E-state index contributed by atoms with van der Waals surface area (Å²) in [6.07, 6.45) is 7.48. The average Bonchev–Trinajstić information content (AvgIpc) is 3.56. The van der Waals surface area contributed by atoms with E-state index in [0.717, 1.165) is 68.8 Å². The summed E-state index contributed by atoms with van der Waals surface area (Å²) in [5.74, 6) is 0.614. The third-order valence-electron chi connectivity index (χ3n) is 7.17. The molecule has 36 heavy (non-hydrogen) atoms. The maximum atomic E-state index is 12.3. The van der Waals surface area contributed by atoms with Gasteiger partial charge in [0.25, 0.3) is 0 Å². The fraction of sp³-hybridized carbons (Fsp3) is 0.241. The molecule has 1 fully saturated rings. The second-order valence-electron chi connectivity index (χ2n) is 9.43. The molecular formula is C29H26N4O3. The van der Waals surface area contributed by atoms with Gasteiger partial charge in [0, 0.05) is 35.3 Å². The molecule has 0 spiro atoms. The quantitative estimate of drug-likeness (QED) is 0.295. The first-order chi connectivity index (χ1) is 17.5. The number of fused-ring (bicyclic) bond motifs is 1. The number of nitrogens with zero attached hydrogens (tertiary/aromatic N) is 4. The van der Waals surface area contributed by atoms with E-state index in [0.29, 0.717) is 6.54 Å². The first-order valence-corrected chi connectivity index (χ1v) is 12.0. The minimum atomic E-state index is -0.484. The van der Waals surface area contributed by atoms with Crippen LogP contribution in [0.5, 0.6) is 0 Å². The Labute approximate surface area is 208 Å². The molecule has 1 aliphatic rings. The summed E-state index contributed by atoms with van der Waals surface area (Å²) < 4.78 is 12.6. The maximum Gasteiger partial charge on any atom is 0.316 e. The fourth-order valence-corrected chi connectivity index (χ4v) is 5.11. The van der Waals surface area contributed by atoms with Gasteiger partial charge >= 0.3 is 5.97 Å². The van der Waals surface area contributed by atoms with Crippen LogP contribution in [0.25, 0.3) is 33.3 Å². The lowest BCUT2D eigenvalue weighted by atomic mass is 9.94. The van der Waals surface area contributed by atoms with Crippen molar-refractivity contribution in [3.8, 4) is 22.3 Å². The molecule has 0 unspecified atom stereocenters. The van der Waals surface area contributed by atoms with E-state index in [9.17, 15) is 4.79 Å². The van der Waals surface area contributed by atoms with Gasteiger partial charge in [0.1, 0.15) is 5.76 Å². The van der Waals surface area contributed by atoms with E-state index in [-0.39, 0.29) is 5.97 Å². The van der Waals surface area contributed by atoms with Crippen LogP contribution in [0.3, 0.4) is 0 Å². The van der Waals surface area contributed by atoms with Crippen molar-refractivity contribution in [2.45, 2.75) is 38.6 Å². The molecule has 1 saturated carbocycles. The predicted molar refractivity (Wildman–Crippen MR) is 136 cm³/mol. The highest BCUT2D eigenvalue weighted by Gasteiger charge is 2.52. The van der Waals surface area contributed by atoms with E-state index in [1.807, 2.05) is 56.6 Å². The largest absolute Gasteiger partial charge is 0.468 e. The van der Waals surface area contributed by atoms with Gasteiger partial charge in [0.2, 0.25) is 0 Å². The van der Waals surface area contributed by atoms with Crippen molar-refractivity contribution in [3.05, 3.63) is 89.8 Å². The molecule has 7 nitrogen and oxygen atoms in total. The van der Waals surface area contributed by atoms with Gasteiger partial charge in [-0.25, -0.2) is 0 Å². The Morgan fingerprint density at radius 3 is 2.53 bits per heavy atom. The highest BCUT2D eigenvalue weighted by Crippen LogP contribution is 2.49. The SMILES string of the molecule is COC(=O)C1(c2ccc(-c3cn(Cc4ccccn4)c4cc(-c5c(C)noc5C)cnc34)cc2)CC1. The molecule has 0 bridgehead atoms. The zero-order chi connectivity index (χ0) is 24.9. The number of carbonyl (C=O) groups is 1. The van der Waals surface area contributed by atoms with Crippen LogP contribution in [-0.4, -0.2) is 32.8 Å². The zero-order valence-electron chi connectivity index (χ0n) is 20.5. The lowest BCUT2D eigenvalue weighted by molar-refractivity contribution is -0.143. The Hall–Kier alpha value is -4.26. The van der Waals surface area contributed by atoms with E-state index in [2.05, 4.69) is 39.1 Å². The van der Waals surface area contributed by atoms with Crippen molar-refractivity contribution in [1.82, 2.24) is 19.7 Å². The van der Waals surface area contributed by atoms with Crippen molar-refractivity contribution in [2.24, 2.45) is 0 Å². The minimum absolute atomic E-state index is 0.157. The van der Waals surface area contributed by atoms with Gasteiger partial charge in [-0.05, 0) is 56.0 Å². The van der Waals surface area contributed by atoms with Crippen LogP contribution in [-0.2, 0) is 21.5 Å². The van der Waals surface area contributed by atoms with Crippen molar-refractivity contribution in [2.75, 3.05) is 7.11 Å². The number of ether oxygens (including phenoxy) is 1. The Kier molecular flexibility index (Phi) is 5.21. The van der Waals surface area contributed by atoms with Crippen LogP contribution in [0, 0.1) is 13.8 Å². The number of aromatic nitrogens is 4. The minimum Gasteiger partial charge on any atom is -0.468 e. The number of benzene rings is 1. The maximum absolute atomic E-state index is 12.3. The van der Waals surface area contributed by atoms with E-state index >= 15 is 0 Å². The number of aryl methyl sites for hydroxylation is 2. The molecule has 0 radical (unpaired) electrons. The predicted octanol–water partition coefficient (Wildman–Crippen LogP) is 5.62. The van der Waals surface area contributed by atoms with Crippen LogP contribution in [0.15, 0.2) is 71.6 Å². The highest BCUT2D eigenvalue weighted by atomic mass is 16.5. The molecule has 1 aromatic carbocycles. The van der Waals surface area contributed by atoms with Crippen molar-refractivity contribution in [1.29, 1.82) is 0 Å². The summed E-state index contributed by atoms with van der Waals surface area (Å²) in [5, 5.41) is 4.11. The monoisotopic (exact) mass is 478 g/mol. The normalized spacial score (nSPS) is 14.2. The van der Waals surface area contributed by atoms with E-state index < -0.39 is 5.41 Å². The van der Waals surface area contributed by atoms with E-state index in [1.165, 1.54) is 7.11 Å². The molecule has 0 atom stereocenters. The van der Waals surface area contributed by atoms with Crippen LogP contribution < -0.4 is 0 Å². The first-order valence-electron chi connectivity index (χ1n) is 12.0. The van der Waals surface area contributed by atoms with E-state index in [1.54, 1.807) is 0 Å². The van der Waals surface area contributed by atoms with Crippen LogP contribution >= 0.6 is 0 Å². The van der Waals surface area contributed by atoms with Crippen LogP contribution in [0.2, 0.25) is 0 Å². The molecule has 0 saturated heterocycles. The number of esters is 1. The van der Waals surface area contributed by atoms with Gasteiger partial charge in [-0.15, -0.1) is 0 Å². The summed E-state index contributed by atoms with van der Waals surface area (Å²) in [6.45, 7) is 4.48. The Bertz CT molecular complexity index is 1560. The molecule has 6 rings (SSSR count). The second kappa shape index (κ2) is 8.45. The van der Waals surface area contributed by atoms with Gasteiger partial charge in [-0.1, -0.05) is 35.5 Å². The molecule has 0 N–H and O–H groups in total. The molecule has 7 heteroatoms. The fourth-order valence-electron chi connectivity index (χ4n) is 5.11. The molecule has 180 valence electrons. The molecule has 4 aromatic heterocycles. The number of carbonyl (C=O) groups excluding carboxylic acids is 1. The number of hydrogen-bond donors (Lipinski definition) is 0. The zero-order valence-corrected chi connectivity index (χ0v) is 20.5. The Morgan fingerprint density at radius 1 is 1.08 bits per heavy atom. The molecule has 1 aliphatic carbocycles. The summed E-state index contributed by atoms with van der Waals surface area (Å²) in [7, 11) is 1.45. The third kappa shape index (κ3) is 3.59. The highest BCUT2D eigenvalue weighted by molar-refractivity contribution is 5.95. The lowest BCUT2D eigenvalue weighted by Gasteiger charge is -2.13. The lowest BCUT2D eigenvalue weighted by Crippen LogP contribution is -2.21. The summed E-state index contributed by atoms with van der Waals surface area (Å²) in [6, 6.07) is 16.3. The third-order valence-corrected chi connectivity index (χ3v) is 7.17. The summed E-state index contributed by atoms with van der Waals surface area (Å²) in [5.41, 5.74) is 8.25. The molecule has 5 aromatic rings. The molecule has 0 amide bonds. The van der Waals surface area contributed by atoms with Gasteiger partial charge in [-0.2, -0.15) is 0 Å². The topological polar surface area (TPSA) is 83.0 Å². The van der Waals surface area contributed by atoms with Crippen molar-refractivity contribution < 1.29 is 14.1 Å². The first kappa shape index (κ1) is 22.2. The van der Waals surface area contributed by atoms with Crippen LogP contribution in [0.4, 0.5) is 0 Å². The molecular weight excluding hydrogens is 452 g/mol. The number of hydrogen-bond acceptors (Lipinski definition) is 6. The number of rotatable bonds is 6. The standard InChI is InChI=1S/C29H26N4O3/c1-18-26(19(2)36-32-18)21-14-25-27(31-15-21)24(17-33(25)16-23-6-4-5-13-30-23)20-7-9-22(10-8-20)29(11-12-29)28(34)35-3/h4-10,13-15,17H,11-12,16H2,1-3H3. The number of pyridine rings is 2. The van der Waals surface area contributed by atoms with Crippen molar-refractivity contribution in [3.63, 3.8) is 0 Å².